The molecule has 4 heteroatoms. The number of rotatable bonds is 3. The van der Waals surface area contributed by atoms with E-state index in [1.54, 1.807) is 0 Å². The molecule has 19 heavy (non-hydrogen) atoms. The second-order valence-electron chi connectivity index (χ2n) is 4.84. The predicted octanol–water partition coefficient (Wildman–Crippen LogP) is 2.47. The highest BCUT2D eigenvalue weighted by Crippen LogP contribution is 2.35. The molecule has 1 atom stereocenters. The third-order valence-corrected chi connectivity index (χ3v) is 3.49. The van der Waals surface area contributed by atoms with Gasteiger partial charge in [0.2, 0.25) is 0 Å². The zero-order chi connectivity index (χ0) is 13.2. The lowest BCUT2D eigenvalue weighted by molar-refractivity contribution is 0.281. The fraction of sp³-hybridized carbons (Fsp3) is 0.333. The number of nitrogens with one attached hydrogen (secondary N) is 1. The van der Waals surface area contributed by atoms with Gasteiger partial charge in [0.15, 0.2) is 0 Å². The van der Waals surface area contributed by atoms with Gasteiger partial charge in [-0.05, 0) is 37.5 Å². The summed E-state index contributed by atoms with van der Waals surface area (Å²) in [5.74, 6) is 8.35. The maximum Gasteiger partial charge on any atom is 0.127 e. The van der Waals surface area contributed by atoms with Crippen molar-refractivity contribution in [2.75, 3.05) is 6.61 Å². The minimum Gasteiger partial charge on any atom is -0.493 e. The zero-order valence-corrected chi connectivity index (χ0v) is 11.0. The molecular formula is C15H18N2O2. The third-order valence-electron chi connectivity index (χ3n) is 3.49. The normalized spacial score (nSPS) is 15.7. The van der Waals surface area contributed by atoms with Gasteiger partial charge in [-0.25, -0.2) is 5.43 Å². The molecule has 0 saturated heterocycles. The highest BCUT2D eigenvalue weighted by atomic mass is 16.5. The van der Waals surface area contributed by atoms with Crippen LogP contribution in [0.25, 0.3) is 0 Å². The molecule has 0 bridgehead atoms. The summed E-state index contributed by atoms with van der Waals surface area (Å²) in [5.41, 5.74) is 5.10. The first kappa shape index (κ1) is 12.3. The minimum atomic E-state index is -0.179. The Balaban J connectivity index is 2.04. The number of hydrazine groups is 1. The molecule has 1 aromatic carbocycles. The summed E-state index contributed by atoms with van der Waals surface area (Å²) in [6.07, 6.45) is 2.12. The molecule has 0 aliphatic carbocycles. The Labute approximate surface area is 112 Å². The van der Waals surface area contributed by atoms with Crippen LogP contribution in [0.2, 0.25) is 0 Å². The zero-order valence-electron chi connectivity index (χ0n) is 11.0. The number of ether oxygens (including phenoxy) is 1. The lowest BCUT2D eigenvalue weighted by atomic mass is 9.97. The molecule has 3 N–H and O–H groups in total. The van der Waals surface area contributed by atoms with E-state index in [4.69, 9.17) is 15.0 Å². The molecular weight excluding hydrogens is 240 g/mol. The van der Waals surface area contributed by atoms with Crippen molar-refractivity contribution < 1.29 is 9.15 Å². The Hall–Kier alpha value is -1.78. The van der Waals surface area contributed by atoms with E-state index in [0.717, 1.165) is 42.3 Å². The van der Waals surface area contributed by atoms with Crippen molar-refractivity contribution in [2.24, 2.45) is 5.84 Å². The summed E-state index contributed by atoms with van der Waals surface area (Å²) < 4.78 is 11.5. The van der Waals surface area contributed by atoms with Crippen LogP contribution in [0.3, 0.4) is 0 Å². The molecule has 4 nitrogen and oxygen atoms in total. The van der Waals surface area contributed by atoms with Gasteiger partial charge in [0.1, 0.15) is 23.3 Å². The minimum absolute atomic E-state index is 0.179. The molecule has 100 valence electrons. The molecule has 0 amide bonds. The average Bonchev–Trinajstić information content (AvgIpc) is 2.86. The molecule has 0 spiro atoms. The van der Waals surface area contributed by atoms with Crippen LogP contribution >= 0.6 is 0 Å². The van der Waals surface area contributed by atoms with Gasteiger partial charge in [0.25, 0.3) is 0 Å². The van der Waals surface area contributed by atoms with Gasteiger partial charge in [-0.2, -0.15) is 0 Å². The lowest BCUT2D eigenvalue weighted by Gasteiger charge is -2.23. The monoisotopic (exact) mass is 258 g/mol. The van der Waals surface area contributed by atoms with Gasteiger partial charge in [-0.15, -0.1) is 0 Å². The molecule has 0 fully saturated rings. The molecule has 1 aromatic heterocycles. The Kier molecular flexibility index (Phi) is 3.27. The van der Waals surface area contributed by atoms with Crippen LogP contribution in [0.5, 0.6) is 5.75 Å². The van der Waals surface area contributed by atoms with Crippen LogP contribution in [-0.4, -0.2) is 6.61 Å². The number of nitrogens with two attached hydrogens (primary N) is 1. The Morgan fingerprint density at radius 2 is 2.16 bits per heavy atom. The van der Waals surface area contributed by atoms with Crippen LogP contribution in [0.1, 0.15) is 35.1 Å². The highest BCUT2D eigenvalue weighted by molar-refractivity contribution is 5.46. The lowest BCUT2D eigenvalue weighted by Crippen LogP contribution is -2.29. The number of fused-ring (bicyclic) bond motifs is 1. The van der Waals surface area contributed by atoms with Gasteiger partial charge in [0, 0.05) is 5.56 Å². The van der Waals surface area contributed by atoms with E-state index in [1.807, 2.05) is 31.2 Å². The molecule has 1 unspecified atom stereocenters. The smallest absolute Gasteiger partial charge is 0.127 e. The summed E-state index contributed by atoms with van der Waals surface area (Å²) in [4.78, 5) is 0. The summed E-state index contributed by atoms with van der Waals surface area (Å²) in [6, 6.07) is 9.90. The van der Waals surface area contributed by atoms with Crippen molar-refractivity contribution >= 4 is 0 Å². The first-order valence-corrected chi connectivity index (χ1v) is 6.56. The number of benzene rings is 1. The van der Waals surface area contributed by atoms with E-state index in [9.17, 15) is 0 Å². The topological polar surface area (TPSA) is 60.4 Å². The Morgan fingerprint density at radius 1 is 1.26 bits per heavy atom. The van der Waals surface area contributed by atoms with Gasteiger partial charge in [0.05, 0.1) is 6.61 Å². The maximum atomic E-state index is 5.83. The Morgan fingerprint density at radius 3 is 2.89 bits per heavy atom. The Bertz CT molecular complexity index is 577. The predicted molar refractivity (Wildman–Crippen MR) is 72.9 cm³/mol. The number of furan rings is 1. The molecule has 3 rings (SSSR count). The fourth-order valence-corrected chi connectivity index (χ4v) is 2.58. The van der Waals surface area contributed by atoms with Crippen molar-refractivity contribution in [3.05, 3.63) is 53.0 Å². The fourth-order valence-electron chi connectivity index (χ4n) is 2.58. The molecule has 0 radical (unpaired) electrons. The second-order valence-corrected chi connectivity index (χ2v) is 4.84. The molecule has 2 heterocycles. The van der Waals surface area contributed by atoms with Crippen LogP contribution in [-0.2, 0) is 6.42 Å². The second kappa shape index (κ2) is 5.07. The summed E-state index contributed by atoms with van der Waals surface area (Å²) in [7, 11) is 0. The SMILES string of the molecule is Cc1ccc(C(NN)c2cccc3c2OCCC3)o1. The summed E-state index contributed by atoms with van der Waals surface area (Å²) >= 11 is 0. The van der Waals surface area contributed by atoms with Crippen LogP contribution in [0.15, 0.2) is 34.7 Å². The van der Waals surface area contributed by atoms with Gasteiger partial charge >= 0.3 is 0 Å². The van der Waals surface area contributed by atoms with Gasteiger partial charge < -0.3 is 9.15 Å². The number of hydrogen-bond donors (Lipinski definition) is 2. The first-order valence-electron chi connectivity index (χ1n) is 6.56. The highest BCUT2D eigenvalue weighted by Gasteiger charge is 2.23. The van der Waals surface area contributed by atoms with Crippen LogP contribution in [0.4, 0.5) is 0 Å². The van der Waals surface area contributed by atoms with E-state index in [-0.39, 0.29) is 6.04 Å². The number of aryl methyl sites for hydroxylation is 2. The van der Waals surface area contributed by atoms with E-state index in [0.29, 0.717) is 0 Å². The summed E-state index contributed by atoms with van der Waals surface area (Å²) in [5, 5.41) is 0. The van der Waals surface area contributed by atoms with Crippen LogP contribution < -0.4 is 16.0 Å². The van der Waals surface area contributed by atoms with Crippen molar-refractivity contribution in [1.29, 1.82) is 0 Å². The average molecular weight is 258 g/mol. The van der Waals surface area contributed by atoms with E-state index >= 15 is 0 Å². The standard InChI is InChI=1S/C15H18N2O2/c1-10-7-8-13(19-10)14(17-16)12-6-2-4-11-5-3-9-18-15(11)12/h2,4,6-8,14,17H,3,5,9,16H2,1H3. The molecule has 1 aliphatic heterocycles. The van der Waals surface area contributed by atoms with E-state index in [1.165, 1.54) is 5.56 Å². The van der Waals surface area contributed by atoms with Crippen molar-refractivity contribution in [3.63, 3.8) is 0 Å². The largest absolute Gasteiger partial charge is 0.493 e. The van der Waals surface area contributed by atoms with E-state index in [2.05, 4.69) is 11.5 Å². The first-order chi connectivity index (χ1) is 9.29. The number of para-hydroxylation sites is 1. The third kappa shape index (κ3) is 2.25. The quantitative estimate of drug-likeness (QED) is 0.656. The van der Waals surface area contributed by atoms with Gasteiger partial charge in [-0.1, -0.05) is 18.2 Å². The molecule has 2 aromatic rings. The van der Waals surface area contributed by atoms with E-state index < -0.39 is 0 Å². The number of hydrogen-bond acceptors (Lipinski definition) is 4. The van der Waals surface area contributed by atoms with Crippen molar-refractivity contribution in [1.82, 2.24) is 5.43 Å². The van der Waals surface area contributed by atoms with Crippen molar-refractivity contribution in [2.45, 2.75) is 25.8 Å². The molecule has 0 saturated carbocycles. The van der Waals surface area contributed by atoms with Crippen molar-refractivity contribution in [3.8, 4) is 5.75 Å². The summed E-state index contributed by atoms with van der Waals surface area (Å²) in [6.45, 7) is 2.69. The van der Waals surface area contributed by atoms with Gasteiger partial charge in [-0.3, -0.25) is 5.84 Å². The maximum absolute atomic E-state index is 5.83. The molecule has 1 aliphatic rings. The van der Waals surface area contributed by atoms with Crippen LogP contribution in [0, 0.1) is 6.92 Å².